The number of benzene rings is 2. The van der Waals surface area contributed by atoms with E-state index in [1.54, 1.807) is 0 Å². The number of fused-ring (bicyclic) bond motifs is 1. The zero-order valence-corrected chi connectivity index (χ0v) is 16.1. The minimum Gasteiger partial charge on any atom is -0.381 e. The zero-order valence-electron chi connectivity index (χ0n) is 16.1. The molecule has 2 aromatic carbocycles. The van der Waals surface area contributed by atoms with Crippen molar-refractivity contribution in [2.45, 2.75) is 47.1 Å². The molecule has 3 aromatic rings. The van der Waals surface area contributed by atoms with Gasteiger partial charge >= 0.3 is 0 Å². The molecule has 0 aliphatic carbocycles. The Morgan fingerprint density at radius 1 is 1.08 bits per heavy atom. The molecule has 1 heterocycles. The number of nitrogens with zero attached hydrogens (tertiary/aromatic N) is 2. The Balaban J connectivity index is 0.000000701. The Morgan fingerprint density at radius 3 is 2.40 bits per heavy atom. The van der Waals surface area contributed by atoms with Crippen molar-refractivity contribution < 1.29 is 0 Å². The van der Waals surface area contributed by atoms with Crippen molar-refractivity contribution in [1.82, 2.24) is 9.55 Å². The quantitative estimate of drug-likeness (QED) is 0.664. The maximum atomic E-state index is 6.12. The second-order valence-corrected chi connectivity index (χ2v) is 6.26. The highest BCUT2D eigenvalue weighted by Gasteiger charge is 2.18. The Bertz CT molecular complexity index is 833. The summed E-state index contributed by atoms with van der Waals surface area (Å²) in [6, 6.07) is 12.7. The van der Waals surface area contributed by atoms with E-state index in [0.717, 1.165) is 24.6 Å². The Kier molecular flexibility index (Phi) is 6.45. The number of anilines is 2. The smallest absolute Gasteiger partial charge is 0.167 e. The van der Waals surface area contributed by atoms with E-state index < -0.39 is 0 Å². The highest BCUT2D eigenvalue weighted by Crippen LogP contribution is 2.35. The van der Waals surface area contributed by atoms with Gasteiger partial charge in [0.05, 0.1) is 0 Å². The fourth-order valence-corrected chi connectivity index (χ4v) is 3.04. The van der Waals surface area contributed by atoms with Crippen molar-refractivity contribution in [3.05, 3.63) is 42.0 Å². The van der Waals surface area contributed by atoms with Crippen LogP contribution in [0.5, 0.6) is 0 Å². The highest BCUT2D eigenvalue weighted by atomic mass is 15.2. The molecule has 134 valence electrons. The van der Waals surface area contributed by atoms with Crippen LogP contribution < -0.4 is 11.1 Å². The first-order valence-electron chi connectivity index (χ1n) is 9.11. The molecule has 0 radical (unpaired) electrons. The van der Waals surface area contributed by atoms with Crippen LogP contribution in [0, 0.1) is 6.92 Å². The number of nitrogen functional groups attached to an aromatic ring is 1. The third-order valence-corrected chi connectivity index (χ3v) is 4.04. The predicted molar refractivity (Wildman–Crippen MR) is 110 cm³/mol. The monoisotopic (exact) mass is 338 g/mol. The Labute approximate surface area is 151 Å². The maximum absolute atomic E-state index is 6.12. The van der Waals surface area contributed by atoms with Crippen LogP contribution in [-0.4, -0.2) is 16.6 Å². The third kappa shape index (κ3) is 3.78. The highest BCUT2D eigenvalue weighted by molar-refractivity contribution is 5.97. The van der Waals surface area contributed by atoms with E-state index in [0.29, 0.717) is 5.82 Å². The van der Waals surface area contributed by atoms with Crippen molar-refractivity contribution in [3.63, 3.8) is 0 Å². The number of hydrogen-bond donors (Lipinski definition) is 2. The second-order valence-electron chi connectivity index (χ2n) is 6.26. The predicted octanol–water partition coefficient (Wildman–Crippen LogP) is 5.46. The largest absolute Gasteiger partial charge is 0.381 e. The number of hydrogen-bond acceptors (Lipinski definition) is 3. The minimum absolute atomic E-state index is 0.554. The van der Waals surface area contributed by atoms with Crippen LogP contribution in [0.4, 0.5) is 11.6 Å². The summed E-state index contributed by atoms with van der Waals surface area (Å²) in [5.41, 5.74) is 8.50. The standard InChI is InChI=1S/C18H22N4.C3H8/c1-4-11-22-17(21-16(19)18(22)20-3)15-12(2)9-10-13-7-5-6-8-14(13)15;1-3-2/h5-10,20H,4,11,19H2,1-3H3;3H2,1-2H3. The van der Waals surface area contributed by atoms with Gasteiger partial charge in [-0.3, -0.25) is 0 Å². The average molecular weight is 338 g/mol. The van der Waals surface area contributed by atoms with Gasteiger partial charge in [0.25, 0.3) is 0 Å². The van der Waals surface area contributed by atoms with Crippen LogP contribution in [0.1, 0.15) is 39.2 Å². The summed E-state index contributed by atoms with van der Waals surface area (Å²) in [6.45, 7) is 9.43. The van der Waals surface area contributed by atoms with Crippen molar-refractivity contribution in [1.29, 1.82) is 0 Å². The third-order valence-electron chi connectivity index (χ3n) is 4.04. The van der Waals surface area contributed by atoms with E-state index in [2.05, 4.69) is 79.0 Å². The van der Waals surface area contributed by atoms with Crippen LogP contribution in [0.25, 0.3) is 22.2 Å². The van der Waals surface area contributed by atoms with Crippen LogP contribution in [-0.2, 0) is 6.54 Å². The van der Waals surface area contributed by atoms with Crippen molar-refractivity contribution >= 4 is 22.4 Å². The van der Waals surface area contributed by atoms with Crippen LogP contribution >= 0.6 is 0 Å². The number of rotatable bonds is 4. The molecule has 25 heavy (non-hydrogen) atoms. The van der Waals surface area contributed by atoms with Crippen LogP contribution in [0.2, 0.25) is 0 Å². The summed E-state index contributed by atoms with van der Waals surface area (Å²) in [4.78, 5) is 4.66. The SMILES string of the molecule is CCC.CCCn1c(-c2c(C)ccc3ccccc23)nc(N)c1NC. The molecule has 4 nitrogen and oxygen atoms in total. The fourth-order valence-electron chi connectivity index (χ4n) is 3.04. The summed E-state index contributed by atoms with van der Waals surface area (Å²) >= 11 is 0. The minimum atomic E-state index is 0.554. The van der Waals surface area contributed by atoms with E-state index in [1.807, 2.05) is 7.05 Å². The normalized spacial score (nSPS) is 10.4. The van der Waals surface area contributed by atoms with Gasteiger partial charge in [-0.1, -0.05) is 63.6 Å². The van der Waals surface area contributed by atoms with Gasteiger partial charge in [0.2, 0.25) is 0 Å². The van der Waals surface area contributed by atoms with Gasteiger partial charge < -0.3 is 15.6 Å². The molecule has 0 aliphatic rings. The van der Waals surface area contributed by atoms with Gasteiger partial charge in [0, 0.05) is 19.2 Å². The molecule has 0 aliphatic heterocycles. The van der Waals surface area contributed by atoms with Gasteiger partial charge in [-0.05, 0) is 29.7 Å². The first-order valence-corrected chi connectivity index (χ1v) is 9.11. The van der Waals surface area contributed by atoms with Gasteiger partial charge in [-0.2, -0.15) is 0 Å². The fraction of sp³-hybridized carbons (Fsp3) is 0.381. The lowest BCUT2D eigenvalue weighted by molar-refractivity contribution is 0.691. The molecular weight excluding hydrogens is 308 g/mol. The molecule has 1 aromatic heterocycles. The molecule has 0 saturated heterocycles. The maximum Gasteiger partial charge on any atom is 0.167 e. The second kappa shape index (κ2) is 8.56. The summed E-state index contributed by atoms with van der Waals surface area (Å²) in [7, 11) is 1.89. The first kappa shape index (κ1) is 18.8. The van der Waals surface area contributed by atoms with E-state index in [9.17, 15) is 0 Å². The molecule has 0 atom stereocenters. The van der Waals surface area contributed by atoms with Gasteiger partial charge in [0.1, 0.15) is 5.82 Å². The van der Waals surface area contributed by atoms with E-state index in [1.165, 1.54) is 28.3 Å². The Morgan fingerprint density at radius 2 is 1.76 bits per heavy atom. The molecule has 4 heteroatoms. The number of aromatic nitrogens is 2. The molecule has 0 spiro atoms. The molecule has 0 fully saturated rings. The molecule has 0 unspecified atom stereocenters. The molecule has 3 N–H and O–H groups in total. The lowest BCUT2D eigenvalue weighted by Crippen LogP contribution is -2.06. The molecular formula is C21H30N4. The number of imidazole rings is 1. The summed E-state index contributed by atoms with van der Waals surface area (Å²) in [6.07, 6.45) is 2.28. The molecule has 0 saturated carbocycles. The van der Waals surface area contributed by atoms with Crippen LogP contribution in [0.3, 0.4) is 0 Å². The summed E-state index contributed by atoms with van der Waals surface area (Å²) in [5, 5.41) is 5.62. The van der Waals surface area contributed by atoms with E-state index >= 15 is 0 Å². The van der Waals surface area contributed by atoms with Crippen LogP contribution in [0.15, 0.2) is 36.4 Å². The summed E-state index contributed by atoms with van der Waals surface area (Å²) in [5.74, 6) is 2.39. The lowest BCUT2D eigenvalue weighted by Gasteiger charge is -2.14. The van der Waals surface area contributed by atoms with Gasteiger partial charge in [-0.15, -0.1) is 0 Å². The van der Waals surface area contributed by atoms with Gasteiger partial charge in [-0.25, -0.2) is 4.98 Å². The van der Waals surface area contributed by atoms with Crippen molar-refractivity contribution in [2.75, 3.05) is 18.1 Å². The zero-order chi connectivity index (χ0) is 18.4. The molecule has 0 bridgehead atoms. The van der Waals surface area contributed by atoms with E-state index in [4.69, 9.17) is 5.73 Å². The number of nitrogens with two attached hydrogens (primary N) is 1. The topological polar surface area (TPSA) is 55.9 Å². The van der Waals surface area contributed by atoms with Crippen molar-refractivity contribution in [2.24, 2.45) is 0 Å². The van der Waals surface area contributed by atoms with Gasteiger partial charge in [0.15, 0.2) is 11.6 Å². The lowest BCUT2D eigenvalue weighted by atomic mass is 9.99. The number of aryl methyl sites for hydroxylation is 1. The molecule has 3 rings (SSSR count). The van der Waals surface area contributed by atoms with E-state index in [-0.39, 0.29) is 0 Å². The first-order chi connectivity index (χ1) is 12.1. The summed E-state index contributed by atoms with van der Waals surface area (Å²) < 4.78 is 2.18. The molecule has 0 amide bonds. The van der Waals surface area contributed by atoms with Crippen molar-refractivity contribution in [3.8, 4) is 11.4 Å². The Hall–Kier alpha value is -2.49. The number of nitrogens with one attached hydrogen (secondary N) is 1. The average Bonchev–Trinajstić information content (AvgIpc) is 2.91.